The van der Waals surface area contributed by atoms with E-state index in [2.05, 4.69) is 6.58 Å². The maximum absolute atomic E-state index is 7.76. The lowest BCUT2D eigenvalue weighted by atomic mass is 10.7. The van der Waals surface area contributed by atoms with Crippen LogP contribution < -0.4 is 0 Å². The van der Waals surface area contributed by atoms with Crippen LogP contribution in [0.15, 0.2) is 12.7 Å². The second kappa shape index (κ2) is 29.9. The number of hydrogen-bond acceptors (Lipinski definition) is 4. The third kappa shape index (κ3) is 82.9. The van der Waals surface area contributed by atoms with Gasteiger partial charge in [0, 0.05) is 13.2 Å². The Bertz CT molecular complexity index is 62.6. The van der Waals surface area contributed by atoms with Crippen LogP contribution in [0.1, 0.15) is 13.8 Å². The van der Waals surface area contributed by atoms with Crippen LogP contribution in [-0.2, 0) is 4.74 Å². The third-order valence-corrected chi connectivity index (χ3v) is 0.637. The molecular weight excluding hydrogens is 172 g/mol. The van der Waals surface area contributed by atoms with Gasteiger partial charge in [-0.2, -0.15) is 0 Å². The molecule has 0 aliphatic heterocycles. The predicted octanol–water partition coefficient (Wildman–Crippen LogP) is 0.178. The van der Waals surface area contributed by atoms with Crippen molar-refractivity contribution in [1.29, 1.82) is 0 Å². The topological polar surface area (TPSA) is 69.9 Å². The summed E-state index contributed by atoms with van der Waals surface area (Å²) in [5, 5.41) is 23.0. The molecule has 0 aromatic carbocycles. The number of aliphatic hydroxyl groups is 3. The van der Waals surface area contributed by atoms with Crippen LogP contribution in [0.2, 0.25) is 0 Å². The summed E-state index contributed by atoms with van der Waals surface area (Å²) in [5.74, 6) is 0. The van der Waals surface area contributed by atoms with Crippen molar-refractivity contribution in [2.45, 2.75) is 13.8 Å². The van der Waals surface area contributed by atoms with Crippen LogP contribution in [-0.4, -0.2) is 48.4 Å². The highest BCUT2D eigenvalue weighted by Crippen LogP contribution is 1.64. The second-order valence-electron chi connectivity index (χ2n) is 1.70. The molecule has 4 nitrogen and oxygen atoms in total. The van der Waals surface area contributed by atoms with Gasteiger partial charge in [0.2, 0.25) is 0 Å². The first-order valence-corrected chi connectivity index (χ1v) is 4.26. The SMILES string of the molecule is C=CCO.CCOCC.OCCO. The first-order valence-electron chi connectivity index (χ1n) is 4.26. The summed E-state index contributed by atoms with van der Waals surface area (Å²) in [7, 11) is 0. The van der Waals surface area contributed by atoms with Gasteiger partial charge in [0.05, 0.1) is 19.8 Å². The van der Waals surface area contributed by atoms with E-state index >= 15 is 0 Å². The van der Waals surface area contributed by atoms with Crippen molar-refractivity contribution < 1.29 is 20.1 Å². The fraction of sp³-hybridized carbons (Fsp3) is 0.778. The molecule has 82 valence electrons. The van der Waals surface area contributed by atoms with Crippen LogP contribution in [0.3, 0.4) is 0 Å². The van der Waals surface area contributed by atoms with Gasteiger partial charge in [0.15, 0.2) is 0 Å². The minimum absolute atomic E-state index is 0.0833. The summed E-state index contributed by atoms with van der Waals surface area (Å²) >= 11 is 0. The highest BCUT2D eigenvalue weighted by atomic mass is 16.5. The van der Waals surface area contributed by atoms with Gasteiger partial charge < -0.3 is 20.1 Å². The molecule has 0 amide bonds. The molecular formula is C9H22O4. The fourth-order valence-corrected chi connectivity index (χ4v) is 0.204. The monoisotopic (exact) mass is 194 g/mol. The van der Waals surface area contributed by atoms with Crippen molar-refractivity contribution in [2.75, 3.05) is 33.0 Å². The van der Waals surface area contributed by atoms with Crippen LogP contribution in [0.4, 0.5) is 0 Å². The highest BCUT2D eigenvalue weighted by molar-refractivity contribution is 4.60. The normalized spacial score (nSPS) is 7.46. The first kappa shape index (κ1) is 18.4. The van der Waals surface area contributed by atoms with Gasteiger partial charge in [-0.25, -0.2) is 0 Å². The van der Waals surface area contributed by atoms with Crippen LogP contribution in [0.25, 0.3) is 0 Å². The molecule has 0 fully saturated rings. The Morgan fingerprint density at radius 3 is 1.38 bits per heavy atom. The molecule has 0 aromatic rings. The van der Waals surface area contributed by atoms with Gasteiger partial charge in [-0.05, 0) is 13.8 Å². The van der Waals surface area contributed by atoms with Crippen molar-refractivity contribution in [3.63, 3.8) is 0 Å². The average molecular weight is 194 g/mol. The molecule has 3 N–H and O–H groups in total. The Morgan fingerprint density at radius 1 is 1.08 bits per heavy atom. The molecule has 0 aliphatic carbocycles. The number of hydrogen-bond donors (Lipinski definition) is 3. The Balaban J connectivity index is -0.000000117. The van der Waals surface area contributed by atoms with Gasteiger partial charge in [-0.1, -0.05) is 6.08 Å². The van der Waals surface area contributed by atoms with E-state index in [9.17, 15) is 0 Å². The lowest BCUT2D eigenvalue weighted by Gasteiger charge is -1.86. The Hall–Kier alpha value is -0.420. The van der Waals surface area contributed by atoms with Gasteiger partial charge in [0.1, 0.15) is 0 Å². The molecule has 0 rings (SSSR count). The molecule has 0 aromatic heterocycles. The standard InChI is InChI=1S/C4H10O.C3H6O.C2H6O2/c1-3-5-4-2;1-2-3-4;3-1-2-4/h3-4H2,1-2H3;2,4H,1,3H2;3-4H,1-2H2. The first-order chi connectivity index (χ1) is 6.24. The van der Waals surface area contributed by atoms with Crippen LogP contribution in [0, 0.1) is 0 Å². The molecule has 4 heteroatoms. The summed E-state index contributed by atoms with van der Waals surface area (Å²) < 4.78 is 4.83. The van der Waals surface area contributed by atoms with E-state index in [1.807, 2.05) is 13.8 Å². The van der Waals surface area contributed by atoms with Crippen molar-refractivity contribution in [3.05, 3.63) is 12.7 Å². The smallest absolute Gasteiger partial charge is 0.0662 e. The van der Waals surface area contributed by atoms with Gasteiger partial charge in [0.25, 0.3) is 0 Å². The van der Waals surface area contributed by atoms with E-state index in [0.717, 1.165) is 13.2 Å². The molecule has 0 spiro atoms. The summed E-state index contributed by atoms with van der Waals surface area (Å²) in [6, 6.07) is 0. The van der Waals surface area contributed by atoms with E-state index in [-0.39, 0.29) is 19.8 Å². The molecule has 0 aliphatic rings. The summed E-state index contributed by atoms with van der Waals surface area (Å²) in [5.41, 5.74) is 0. The summed E-state index contributed by atoms with van der Waals surface area (Å²) in [6.45, 7) is 8.73. The molecule has 0 saturated carbocycles. The summed E-state index contributed by atoms with van der Waals surface area (Å²) in [6.07, 6.45) is 1.43. The van der Waals surface area contributed by atoms with E-state index in [4.69, 9.17) is 20.1 Å². The predicted molar refractivity (Wildman–Crippen MR) is 53.6 cm³/mol. The Morgan fingerprint density at radius 2 is 1.38 bits per heavy atom. The zero-order valence-corrected chi connectivity index (χ0v) is 8.57. The van der Waals surface area contributed by atoms with Crippen molar-refractivity contribution in [1.82, 2.24) is 0 Å². The second-order valence-corrected chi connectivity index (χ2v) is 1.70. The molecule has 13 heavy (non-hydrogen) atoms. The Labute approximate surface area is 80.5 Å². The maximum Gasteiger partial charge on any atom is 0.0662 e. The average Bonchev–Trinajstić information content (AvgIpc) is 2.20. The number of aliphatic hydroxyl groups excluding tert-OH is 3. The van der Waals surface area contributed by atoms with Crippen molar-refractivity contribution in [2.24, 2.45) is 0 Å². The van der Waals surface area contributed by atoms with E-state index in [1.165, 1.54) is 6.08 Å². The molecule has 0 heterocycles. The molecule has 0 bridgehead atoms. The fourth-order valence-electron chi connectivity index (χ4n) is 0.204. The molecule has 0 unspecified atom stereocenters. The van der Waals surface area contributed by atoms with Gasteiger partial charge in [-0.15, -0.1) is 6.58 Å². The van der Waals surface area contributed by atoms with Gasteiger partial charge in [-0.3, -0.25) is 0 Å². The zero-order chi connectivity index (χ0) is 10.9. The molecule has 0 atom stereocenters. The van der Waals surface area contributed by atoms with E-state index in [0.29, 0.717) is 0 Å². The number of ether oxygens (including phenoxy) is 1. The number of rotatable bonds is 4. The van der Waals surface area contributed by atoms with Gasteiger partial charge >= 0.3 is 0 Å². The van der Waals surface area contributed by atoms with Crippen LogP contribution in [0.5, 0.6) is 0 Å². The summed E-state index contributed by atoms with van der Waals surface area (Å²) in [4.78, 5) is 0. The lowest BCUT2D eigenvalue weighted by molar-refractivity contribution is 0.162. The third-order valence-electron chi connectivity index (χ3n) is 0.637. The zero-order valence-electron chi connectivity index (χ0n) is 8.57. The molecule has 0 radical (unpaired) electrons. The maximum atomic E-state index is 7.76. The molecule has 0 saturated heterocycles. The van der Waals surface area contributed by atoms with Crippen molar-refractivity contribution >= 4 is 0 Å². The minimum atomic E-state index is -0.125. The highest BCUT2D eigenvalue weighted by Gasteiger charge is 1.64. The Kier molecular flexibility index (Phi) is 42.3. The minimum Gasteiger partial charge on any atom is -0.394 e. The van der Waals surface area contributed by atoms with E-state index in [1.54, 1.807) is 0 Å². The van der Waals surface area contributed by atoms with Crippen molar-refractivity contribution in [3.8, 4) is 0 Å². The quantitative estimate of drug-likeness (QED) is 0.558. The van der Waals surface area contributed by atoms with E-state index < -0.39 is 0 Å². The van der Waals surface area contributed by atoms with Crippen LogP contribution >= 0.6 is 0 Å². The lowest BCUT2D eigenvalue weighted by Crippen LogP contribution is -1.85. The largest absolute Gasteiger partial charge is 0.394 e.